The second kappa shape index (κ2) is 6.39. The van der Waals surface area contributed by atoms with Crippen molar-refractivity contribution >= 4 is 10.0 Å². The van der Waals surface area contributed by atoms with Crippen LogP contribution in [-0.4, -0.2) is 48.7 Å². The number of nitrogens with zero attached hydrogens (tertiary/aromatic N) is 3. The van der Waals surface area contributed by atoms with Gasteiger partial charge in [0.05, 0.1) is 11.8 Å². The predicted octanol–water partition coefficient (Wildman–Crippen LogP) is 1.62. The van der Waals surface area contributed by atoms with Gasteiger partial charge < -0.3 is 5.32 Å². The van der Waals surface area contributed by atoms with Gasteiger partial charge in [0.25, 0.3) is 10.0 Å². The lowest BCUT2D eigenvalue weighted by atomic mass is 10.2. The van der Waals surface area contributed by atoms with E-state index in [-0.39, 0.29) is 18.1 Å². The largest absolute Gasteiger partial charge is 0.416 e. The van der Waals surface area contributed by atoms with Gasteiger partial charge in [-0.05, 0) is 24.3 Å². The van der Waals surface area contributed by atoms with Gasteiger partial charge in [0.2, 0.25) is 0 Å². The summed E-state index contributed by atoms with van der Waals surface area (Å²) >= 11 is 0. The molecule has 1 aromatic carbocycles. The lowest BCUT2D eigenvalue weighted by Gasteiger charge is -2.26. The Balaban J connectivity index is 2.08. The van der Waals surface area contributed by atoms with Crippen LogP contribution in [0.2, 0.25) is 0 Å². The fraction of sp³-hybridized carbons (Fsp3) is 0.357. The molecule has 0 saturated carbocycles. The summed E-state index contributed by atoms with van der Waals surface area (Å²) in [6, 6.07) is 2.91. The molecule has 0 atom stereocenters. The Hall–Kier alpha value is -1.98. The Morgan fingerprint density at radius 2 is 1.80 bits per heavy atom. The maximum absolute atomic E-state index is 14.1. The van der Waals surface area contributed by atoms with Gasteiger partial charge >= 0.3 is 6.18 Å². The highest BCUT2D eigenvalue weighted by atomic mass is 32.2. The minimum atomic E-state index is -4.69. The molecule has 0 spiro atoms. The summed E-state index contributed by atoms with van der Waals surface area (Å²) in [4.78, 5) is 0. The van der Waals surface area contributed by atoms with E-state index in [2.05, 4.69) is 10.4 Å². The fourth-order valence-corrected chi connectivity index (χ4v) is 4.06. The van der Waals surface area contributed by atoms with Crippen molar-refractivity contribution in [1.29, 1.82) is 0 Å². The maximum Gasteiger partial charge on any atom is 0.416 e. The van der Waals surface area contributed by atoms with E-state index < -0.39 is 33.3 Å². The van der Waals surface area contributed by atoms with Crippen LogP contribution in [0.3, 0.4) is 0 Å². The molecule has 1 aromatic heterocycles. The molecule has 25 heavy (non-hydrogen) atoms. The van der Waals surface area contributed by atoms with E-state index in [1.54, 1.807) is 0 Å². The maximum atomic E-state index is 14.1. The van der Waals surface area contributed by atoms with Crippen LogP contribution in [0.25, 0.3) is 5.69 Å². The zero-order chi connectivity index (χ0) is 18.2. The summed E-state index contributed by atoms with van der Waals surface area (Å²) in [5, 5.41) is 6.34. The Bertz CT molecular complexity index is 873. The number of alkyl halides is 3. The molecule has 0 aliphatic carbocycles. The van der Waals surface area contributed by atoms with Gasteiger partial charge in [-0.2, -0.15) is 22.6 Å². The Kier molecular flexibility index (Phi) is 4.56. The minimum absolute atomic E-state index is 0.207. The third kappa shape index (κ3) is 3.39. The number of rotatable bonds is 3. The molecule has 1 N–H and O–H groups in total. The first-order valence-corrected chi connectivity index (χ1v) is 8.77. The summed E-state index contributed by atoms with van der Waals surface area (Å²) in [5.74, 6) is -1.01. The molecule has 2 aromatic rings. The molecular formula is C14H14F4N4O2S. The second-order valence-corrected chi connectivity index (χ2v) is 7.28. The van der Waals surface area contributed by atoms with Gasteiger partial charge in [0.15, 0.2) is 5.03 Å². The van der Waals surface area contributed by atoms with Gasteiger partial charge in [0.1, 0.15) is 11.5 Å². The average Bonchev–Trinajstić information content (AvgIpc) is 3.05. The van der Waals surface area contributed by atoms with Crippen molar-refractivity contribution in [3.63, 3.8) is 0 Å². The first-order valence-electron chi connectivity index (χ1n) is 7.33. The molecule has 3 rings (SSSR count). The van der Waals surface area contributed by atoms with Crippen molar-refractivity contribution < 1.29 is 26.0 Å². The molecule has 1 aliphatic heterocycles. The highest BCUT2D eigenvalue weighted by Crippen LogP contribution is 2.32. The summed E-state index contributed by atoms with van der Waals surface area (Å²) in [6.45, 7) is 1.31. The van der Waals surface area contributed by atoms with Crippen LogP contribution in [0.4, 0.5) is 17.6 Å². The van der Waals surface area contributed by atoms with Gasteiger partial charge in [-0.3, -0.25) is 0 Å². The first kappa shape index (κ1) is 17.8. The Morgan fingerprint density at radius 3 is 2.44 bits per heavy atom. The first-order chi connectivity index (χ1) is 11.7. The van der Waals surface area contributed by atoms with Crippen molar-refractivity contribution in [1.82, 2.24) is 19.4 Å². The van der Waals surface area contributed by atoms with Crippen LogP contribution in [0.1, 0.15) is 5.56 Å². The van der Waals surface area contributed by atoms with E-state index in [0.717, 1.165) is 12.3 Å². The van der Waals surface area contributed by atoms with Crippen molar-refractivity contribution in [3.8, 4) is 5.69 Å². The van der Waals surface area contributed by atoms with Crippen LogP contribution < -0.4 is 5.32 Å². The number of halogens is 4. The second-order valence-electron chi connectivity index (χ2n) is 5.40. The monoisotopic (exact) mass is 378 g/mol. The average molecular weight is 378 g/mol. The Labute approximate surface area is 141 Å². The standard InChI is InChI=1S/C14H14F4N4O2S/c15-11-2-1-10(14(16,17)18)9-12(11)22-13(3-4-20-22)25(23,24)21-7-5-19-6-8-21/h1-4,9,19H,5-8H2. The lowest BCUT2D eigenvalue weighted by Crippen LogP contribution is -2.46. The molecule has 2 heterocycles. The van der Waals surface area contributed by atoms with E-state index in [4.69, 9.17) is 0 Å². The molecule has 0 amide bonds. The Morgan fingerprint density at radius 1 is 1.12 bits per heavy atom. The van der Waals surface area contributed by atoms with E-state index >= 15 is 0 Å². The molecule has 11 heteroatoms. The van der Waals surface area contributed by atoms with Crippen molar-refractivity contribution in [2.45, 2.75) is 11.2 Å². The summed E-state index contributed by atoms with van der Waals surface area (Å²) in [6.07, 6.45) is -3.58. The van der Waals surface area contributed by atoms with Crippen LogP contribution in [-0.2, 0) is 16.2 Å². The van der Waals surface area contributed by atoms with Gasteiger partial charge in [0, 0.05) is 26.2 Å². The van der Waals surface area contributed by atoms with Crippen molar-refractivity contribution in [2.24, 2.45) is 0 Å². The van der Waals surface area contributed by atoms with Gasteiger partial charge in [-0.1, -0.05) is 0 Å². The predicted molar refractivity (Wildman–Crippen MR) is 80.2 cm³/mol. The molecule has 0 bridgehead atoms. The number of hydrogen-bond acceptors (Lipinski definition) is 4. The number of sulfonamides is 1. The zero-order valence-electron chi connectivity index (χ0n) is 12.8. The lowest BCUT2D eigenvalue weighted by molar-refractivity contribution is -0.137. The molecule has 136 valence electrons. The van der Waals surface area contributed by atoms with E-state index in [0.29, 0.717) is 36.0 Å². The summed E-state index contributed by atoms with van der Waals surface area (Å²) < 4.78 is 80.0. The van der Waals surface area contributed by atoms with Crippen LogP contribution >= 0.6 is 0 Å². The van der Waals surface area contributed by atoms with Crippen LogP contribution in [0, 0.1) is 5.82 Å². The minimum Gasteiger partial charge on any atom is -0.314 e. The molecule has 1 saturated heterocycles. The third-order valence-corrected chi connectivity index (χ3v) is 5.67. The number of nitrogens with one attached hydrogen (secondary N) is 1. The SMILES string of the molecule is O=S(=O)(c1ccnn1-c1cc(C(F)(F)F)ccc1F)N1CCNCC1. The molecule has 1 fully saturated rings. The highest BCUT2D eigenvalue weighted by Gasteiger charge is 2.33. The highest BCUT2D eigenvalue weighted by molar-refractivity contribution is 7.89. The molecule has 0 unspecified atom stereocenters. The fourth-order valence-electron chi connectivity index (χ4n) is 2.54. The molecule has 0 radical (unpaired) electrons. The topological polar surface area (TPSA) is 67.2 Å². The van der Waals surface area contributed by atoms with Gasteiger partial charge in [-0.25, -0.2) is 17.5 Å². The van der Waals surface area contributed by atoms with Crippen molar-refractivity contribution in [3.05, 3.63) is 41.8 Å². The quantitative estimate of drug-likeness (QED) is 0.825. The summed E-state index contributed by atoms with van der Waals surface area (Å²) in [7, 11) is -4.02. The van der Waals surface area contributed by atoms with Crippen LogP contribution in [0.15, 0.2) is 35.5 Å². The molecule has 6 nitrogen and oxygen atoms in total. The number of hydrogen-bond donors (Lipinski definition) is 1. The number of aromatic nitrogens is 2. The molecular weight excluding hydrogens is 364 g/mol. The third-order valence-electron chi connectivity index (χ3n) is 3.79. The van der Waals surface area contributed by atoms with Crippen LogP contribution in [0.5, 0.6) is 0 Å². The summed E-state index contributed by atoms with van der Waals surface area (Å²) in [5.41, 5.74) is -1.67. The van der Waals surface area contributed by atoms with E-state index in [9.17, 15) is 26.0 Å². The molecule has 1 aliphatic rings. The number of benzene rings is 1. The smallest absolute Gasteiger partial charge is 0.314 e. The normalized spacial score (nSPS) is 17.0. The number of piperazine rings is 1. The van der Waals surface area contributed by atoms with Crippen molar-refractivity contribution in [2.75, 3.05) is 26.2 Å². The van der Waals surface area contributed by atoms with E-state index in [1.165, 1.54) is 4.31 Å². The van der Waals surface area contributed by atoms with Gasteiger partial charge in [-0.15, -0.1) is 0 Å². The zero-order valence-corrected chi connectivity index (χ0v) is 13.6. The van der Waals surface area contributed by atoms with E-state index in [1.807, 2.05) is 0 Å².